The zero-order valence-corrected chi connectivity index (χ0v) is 19.5. The highest BCUT2D eigenvalue weighted by molar-refractivity contribution is 7.89. The topological polar surface area (TPSA) is 96.0 Å². The number of hydrogen-bond donors (Lipinski definition) is 1. The zero-order chi connectivity index (χ0) is 22.5. The molecule has 0 radical (unpaired) electrons. The summed E-state index contributed by atoms with van der Waals surface area (Å²) in [6.45, 7) is 1.60. The smallest absolute Gasteiger partial charge is 0.243 e. The number of morpholine rings is 1. The second kappa shape index (κ2) is 10.1. The Hall–Kier alpha value is -1.98. The fourth-order valence-electron chi connectivity index (χ4n) is 3.27. The molecule has 31 heavy (non-hydrogen) atoms. The summed E-state index contributed by atoms with van der Waals surface area (Å²) in [5.74, 6) is 0. The summed E-state index contributed by atoms with van der Waals surface area (Å²) in [7, 11) is -3.39. The van der Waals surface area contributed by atoms with Gasteiger partial charge in [-0.2, -0.15) is 4.31 Å². The van der Waals surface area contributed by atoms with Crippen LogP contribution in [0.5, 0.6) is 0 Å². The Morgan fingerprint density at radius 3 is 2.06 bits per heavy atom. The van der Waals surface area contributed by atoms with Gasteiger partial charge >= 0.3 is 0 Å². The van der Waals surface area contributed by atoms with E-state index in [1.54, 1.807) is 0 Å². The average Bonchev–Trinajstić information content (AvgIpc) is 2.78. The number of hydrogen-bond acceptors (Lipinski definition) is 6. The van der Waals surface area contributed by atoms with Crippen molar-refractivity contribution in [1.29, 1.82) is 0 Å². The van der Waals surface area contributed by atoms with E-state index in [0.717, 1.165) is 17.7 Å². The van der Waals surface area contributed by atoms with Crippen LogP contribution in [0.4, 0.5) is 5.69 Å². The van der Waals surface area contributed by atoms with Crippen molar-refractivity contribution >= 4 is 25.7 Å². The summed E-state index contributed by atoms with van der Waals surface area (Å²) in [6.07, 6.45) is 1.41. The zero-order valence-electron chi connectivity index (χ0n) is 17.8. The van der Waals surface area contributed by atoms with E-state index in [2.05, 4.69) is 4.72 Å². The van der Waals surface area contributed by atoms with Crippen LogP contribution in [0.1, 0.15) is 12.0 Å². The lowest BCUT2D eigenvalue weighted by molar-refractivity contribution is 0.0730. The number of sulfonamides is 2. The first-order valence-electron chi connectivity index (χ1n) is 10.1. The Balaban J connectivity index is 1.55. The summed E-state index contributed by atoms with van der Waals surface area (Å²) in [5, 5.41) is 0. The number of benzene rings is 2. The van der Waals surface area contributed by atoms with Crippen LogP contribution in [-0.4, -0.2) is 68.1 Å². The maximum atomic E-state index is 12.7. The minimum absolute atomic E-state index is 0.0452. The first-order chi connectivity index (χ1) is 14.7. The molecule has 0 aliphatic carbocycles. The summed E-state index contributed by atoms with van der Waals surface area (Å²) < 4.78 is 59.5. The first kappa shape index (κ1) is 23.7. The van der Waals surface area contributed by atoms with Gasteiger partial charge in [-0.05, 0) is 54.8 Å². The molecule has 10 heteroatoms. The lowest BCUT2D eigenvalue weighted by Crippen LogP contribution is -2.40. The van der Waals surface area contributed by atoms with Crippen molar-refractivity contribution in [3.05, 3.63) is 54.1 Å². The highest BCUT2D eigenvalue weighted by Crippen LogP contribution is 2.19. The van der Waals surface area contributed by atoms with E-state index >= 15 is 0 Å². The Bertz CT molecular complexity index is 1060. The number of anilines is 1. The van der Waals surface area contributed by atoms with Gasteiger partial charge < -0.3 is 9.64 Å². The molecule has 1 N–H and O–H groups in total. The minimum atomic E-state index is -3.70. The van der Waals surface area contributed by atoms with E-state index in [-0.39, 0.29) is 9.79 Å². The lowest BCUT2D eigenvalue weighted by atomic mass is 10.1. The van der Waals surface area contributed by atoms with E-state index in [4.69, 9.17) is 4.74 Å². The molecule has 1 fully saturated rings. The van der Waals surface area contributed by atoms with Crippen LogP contribution < -0.4 is 9.62 Å². The van der Waals surface area contributed by atoms with Gasteiger partial charge in [0.05, 0.1) is 23.0 Å². The Morgan fingerprint density at radius 1 is 0.903 bits per heavy atom. The van der Waals surface area contributed by atoms with E-state index in [9.17, 15) is 16.8 Å². The normalized spacial score (nSPS) is 15.7. The Morgan fingerprint density at radius 2 is 1.48 bits per heavy atom. The molecule has 0 spiro atoms. The van der Waals surface area contributed by atoms with Gasteiger partial charge in [0.15, 0.2) is 0 Å². The average molecular weight is 468 g/mol. The van der Waals surface area contributed by atoms with Gasteiger partial charge in [-0.1, -0.05) is 12.1 Å². The summed E-state index contributed by atoms with van der Waals surface area (Å²) in [6, 6.07) is 13.5. The van der Waals surface area contributed by atoms with Crippen LogP contribution in [0.25, 0.3) is 0 Å². The monoisotopic (exact) mass is 467 g/mol. The molecule has 8 nitrogen and oxygen atoms in total. The number of aryl methyl sites for hydroxylation is 1. The van der Waals surface area contributed by atoms with Gasteiger partial charge in [0, 0.05) is 39.4 Å². The van der Waals surface area contributed by atoms with E-state index in [0.29, 0.717) is 39.3 Å². The molecule has 170 valence electrons. The van der Waals surface area contributed by atoms with Crippen LogP contribution in [-0.2, 0) is 31.2 Å². The van der Waals surface area contributed by atoms with Crippen LogP contribution >= 0.6 is 0 Å². The third-order valence-electron chi connectivity index (χ3n) is 5.13. The van der Waals surface area contributed by atoms with Gasteiger partial charge in [-0.25, -0.2) is 21.6 Å². The first-order valence-corrected chi connectivity index (χ1v) is 13.1. The van der Waals surface area contributed by atoms with Crippen molar-refractivity contribution in [3.8, 4) is 0 Å². The second-order valence-corrected chi connectivity index (χ2v) is 11.3. The highest BCUT2D eigenvalue weighted by Gasteiger charge is 2.26. The minimum Gasteiger partial charge on any atom is -0.379 e. The molecule has 3 rings (SSSR count). The van der Waals surface area contributed by atoms with Gasteiger partial charge in [0.25, 0.3) is 0 Å². The quantitative estimate of drug-likeness (QED) is 0.564. The van der Waals surface area contributed by atoms with Crippen LogP contribution in [0, 0.1) is 0 Å². The molecule has 0 saturated carbocycles. The third-order valence-corrected chi connectivity index (χ3v) is 8.52. The van der Waals surface area contributed by atoms with Crippen LogP contribution in [0.15, 0.2) is 58.3 Å². The number of nitrogens with zero attached hydrogens (tertiary/aromatic N) is 2. The van der Waals surface area contributed by atoms with Crippen molar-refractivity contribution in [1.82, 2.24) is 9.03 Å². The van der Waals surface area contributed by atoms with Gasteiger partial charge in [-0.15, -0.1) is 0 Å². The molecular formula is C21H29N3O5S2. The predicted molar refractivity (Wildman–Crippen MR) is 120 cm³/mol. The highest BCUT2D eigenvalue weighted by atomic mass is 32.2. The van der Waals surface area contributed by atoms with Gasteiger partial charge in [-0.3, -0.25) is 0 Å². The molecule has 0 unspecified atom stereocenters. The fourth-order valence-corrected chi connectivity index (χ4v) is 5.75. The second-order valence-electron chi connectivity index (χ2n) is 7.55. The summed E-state index contributed by atoms with van der Waals surface area (Å²) in [5.41, 5.74) is 2.26. The van der Waals surface area contributed by atoms with Crippen LogP contribution in [0.2, 0.25) is 0 Å². The van der Waals surface area contributed by atoms with Gasteiger partial charge in [0.1, 0.15) is 0 Å². The molecule has 1 saturated heterocycles. The molecule has 0 aromatic heterocycles. The van der Waals surface area contributed by atoms with Gasteiger partial charge in [0.2, 0.25) is 20.0 Å². The summed E-state index contributed by atoms with van der Waals surface area (Å²) in [4.78, 5) is 2.15. The standard InChI is InChI=1S/C21H29N3O5S2/c1-23(2)19-7-5-18(6-8-19)4-3-13-22-30(25,26)20-9-11-21(12-10-20)31(27,28)24-14-16-29-17-15-24/h5-12,22H,3-4,13-17H2,1-2H3. The van der Waals surface area contributed by atoms with Crippen molar-refractivity contribution in [2.45, 2.75) is 22.6 Å². The number of nitrogens with one attached hydrogen (secondary N) is 1. The SMILES string of the molecule is CN(C)c1ccc(CCCNS(=O)(=O)c2ccc(S(=O)(=O)N3CCOCC3)cc2)cc1. The van der Waals surface area contributed by atoms with Crippen molar-refractivity contribution in [3.63, 3.8) is 0 Å². The molecule has 0 bridgehead atoms. The molecule has 0 amide bonds. The van der Waals surface area contributed by atoms with Crippen molar-refractivity contribution < 1.29 is 21.6 Å². The maximum Gasteiger partial charge on any atom is 0.243 e. The third kappa shape index (κ3) is 6.05. The molecule has 2 aromatic carbocycles. The van der Waals surface area contributed by atoms with Crippen molar-refractivity contribution in [2.75, 3.05) is 51.8 Å². The van der Waals surface area contributed by atoms with E-state index in [1.807, 2.05) is 43.3 Å². The molecule has 1 aliphatic heterocycles. The Labute approximate surface area is 184 Å². The molecule has 0 atom stereocenters. The molecule has 1 heterocycles. The number of rotatable bonds is 9. The molecule has 2 aromatic rings. The fraction of sp³-hybridized carbons (Fsp3) is 0.429. The van der Waals surface area contributed by atoms with E-state index < -0.39 is 20.0 Å². The van der Waals surface area contributed by atoms with Crippen molar-refractivity contribution in [2.24, 2.45) is 0 Å². The number of ether oxygens (including phenoxy) is 1. The largest absolute Gasteiger partial charge is 0.379 e. The lowest BCUT2D eigenvalue weighted by Gasteiger charge is -2.26. The maximum absolute atomic E-state index is 12.7. The van der Waals surface area contributed by atoms with E-state index in [1.165, 1.54) is 28.6 Å². The molecule has 1 aliphatic rings. The van der Waals surface area contributed by atoms with Crippen LogP contribution in [0.3, 0.4) is 0 Å². The molecular weight excluding hydrogens is 438 g/mol. The Kier molecular flexibility index (Phi) is 7.71. The predicted octanol–water partition coefficient (Wildman–Crippen LogP) is 1.68. The summed E-state index contributed by atoms with van der Waals surface area (Å²) >= 11 is 0.